The summed E-state index contributed by atoms with van der Waals surface area (Å²) in [6, 6.07) is 7.68. The van der Waals surface area contributed by atoms with E-state index in [9.17, 15) is 24.8 Å². The van der Waals surface area contributed by atoms with E-state index in [0.717, 1.165) is 29.5 Å². The van der Waals surface area contributed by atoms with Crippen LogP contribution in [0, 0.1) is 10.1 Å². The van der Waals surface area contributed by atoms with Crippen molar-refractivity contribution in [3.8, 4) is 0 Å². The number of hydrogen-bond acceptors (Lipinski definition) is 7. The molecule has 0 saturated carbocycles. The molecule has 10 nitrogen and oxygen atoms in total. The van der Waals surface area contributed by atoms with Gasteiger partial charge >= 0.3 is 5.69 Å². The largest absolute Gasteiger partial charge is 0.394 e. The Morgan fingerprint density at radius 3 is 2.43 bits per heavy atom. The first-order valence-corrected chi connectivity index (χ1v) is 9.85. The zero-order valence-electron chi connectivity index (χ0n) is 17.6. The Balaban J connectivity index is 1.90. The van der Waals surface area contributed by atoms with Crippen LogP contribution in [0.25, 0.3) is 0 Å². The van der Waals surface area contributed by atoms with Gasteiger partial charge in [-0.25, -0.2) is 4.79 Å². The van der Waals surface area contributed by atoms with Crippen molar-refractivity contribution in [1.82, 2.24) is 14.5 Å². The van der Waals surface area contributed by atoms with E-state index in [1.165, 1.54) is 29.8 Å². The summed E-state index contributed by atoms with van der Waals surface area (Å²) in [5.41, 5.74) is 0.316. The quantitative estimate of drug-likeness (QED) is 0.307. The van der Waals surface area contributed by atoms with E-state index in [-0.39, 0.29) is 23.9 Å². The Hall–Kier alpha value is -2.98. The Morgan fingerprint density at radius 2 is 1.83 bits per heavy atom. The van der Waals surface area contributed by atoms with E-state index in [2.05, 4.69) is 5.32 Å². The summed E-state index contributed by atoms with van der Waals surface area (Å²) >= 11 is 0. The van der Waals surface area contributed by atoms with E-state index in [4.69, 9.17) is 0 Å². The minimum absolute atomic E-state index is 0.0834. The van der Waals surface area contributed by atoms with Gasteiger partial charge in [-0.2, -0.15) is 0 Å². The lowest BCUT2D eigenvalue weighted by Crippen LogP contribution is -2.46. The number of nitro benzene ring substituents is 1. The van der Waals surface area contributed by atoms with Crippen molar-refractivity contribution in [2.45, 2.75) is 25.8 Å². The third-order valence-electron chi connectivity index (χ3n) is 5.09. The molecule has 0 fully saturated rings. The first-order chi connectivity index (χ1) is 14.3. The summed E-state index contributed by atoms with van der Waals surface area (Å²) in [5.74, 6) is 0.470. The van der Waals surface area contributed by atoms with Gasteiger partial charge in [0.2, 0.25) is 0 Å². The Morgan fingerprint density at radius 1 is 1.17 bits per heavy atom. The number of nitro groups is 1. The molecule has 1 heterocycles. The number of anilines is 1. The standard InChI is InChI=1S/C20H29N5O5/c1-15(14-26)24(18-13-19(27)23(3)20(28)22(18)2)12-11-21-10-4-5-16-6-8-17(9-7-16)25(29)30/h6-9,13,15,21,26H,4-5,10-12,14H2,1-3H3. The molecule has 2 rings (SSSR count). The van der Waals surface area contributed by atoms with Crippen LogP contribution >= 0.6 is 0 Å². The molecule has 1 unspecified atom stereocenters. The van der Waals surface area contributed by atoms with Gasteiger partial charge in [0.15, 0.2) is 0 Å². The summed E-state index contributed by atoms with van der Waals surface area (Å²) < 4.78 is 2.45. The highest BCUT2D eigenvalue weighted by Gasteiger charge is 2.18. The number of aryl methyl sites for hydroxylation is 1. The molecule has 2 aromatic rings. The van der Waals surface area contributed by atoms with Crippen LogP contribution in [-0.2, 0) is 20.5 Å². The fourth-order valence-corrected chi connectivity index (χ4v) is 3.18. The van der Waals surface area contributed by atoms with Crippen molar-refractivity contribution >= 4 is 11.5 Å². The zero-order valence-corrected chi connectivity index (χ0v) is 17.6. The fraction of sp³-hybridized carbons (Fsp3) is 0.500. The molecule has 0 aliphatic rings. The summed E-state index contributed by atoms with van der Waals surface area (Å²) in [4.78, 5) is 36.4. The number of nitrogens with zero attached hydrogens (tertiary/aromatic N) is 4. The van der Waals surface area contributed by atoms with Crippen LogP contribution in [0.5, 0.6) is 0 Å². The Labute approximate surface area is 174 Å². The molecule has 10 heteroatoms. The molecule has 0 spiro atoms. The van der Waals surface area contributed by atoms with Crippen LogP contribution in [0.15, 0.2) is 39.9 Å². The van der Waals surface area contributed by atoms with Gasteiger partial charge < -0.3 is 15.3 Å². The van der Waals surface area contributed by atoms with Crippen LogP contribution in [0.1, 0.15) is 18.9 Å². The molecule has 1 aromatic heterocycles. The first kappa shape index (κ1) is 23.3. The monoisotopic (exact) mass is 419 g/mol. The average molecular weight is 419 g/mol. The molecule has 2 N–H and O–H groups in total. The second-order valence-corrected chi connectivity index (χ2v) is 7.24. The van der Waals surface area contributed by atoms with Gasteiger partial charge in [-0.15, -0.1) is 0 Å². The number of non-ortho nitro benzene ring substituents is 1. The zero-order chi connectivity index (χ0) is 22.3. The maximum atomic E-state index is 12.2. The Kier molecular flexibility index (Phi) is 8.31. The highest BCUT2D eigenvalue weighted by molar-refractivity contribution is 5.39. The number of benzene rings is 1. The van der Waals surface area contributed by atoms with Crippen molar-refractivity contribution < 1.29 is 10.0 Å². The molecule has 0 radical (unpaired) electrons. The van der Waals surface area contributed by atoms with E-state index in [1.807, 2.05) is 11.8 Å². The molecule has 164 valence electrons. The molecule has 0 bridgehead atoms. The second-order valence-electron chi connectivity index (χ2n) is 7.24. The van der Waals surface area contributed by atoms with Crippen LogP contribution in [0.4, 0.5) is 11.5 Å². The highest BCUT2D eigenvalue weighted by atomic mass is 16.6. The fourth-order valence-electron chi connectivity index (χ4n) is 3.18. The second kappa shape index (κ2) is 10.7. The minimum atomic E-state index is -0.414. The van der Waals surface area contributed by atoms with Crippen LogP contribution in [-0.4, -0.2) is 51.4 Å². The molecule has 1 atom stereocenters. The maximum Gasteiger partial charge on any atom is 0.332 e. The molecular formula is C20H29N5O5. The van der Waals surface area contributed by atoms with E-state index in [0.29, 0.717) is 18.9 Å². The highest BCUT2D eigenvalue weighted by Crippen LogP contribution is 2.13. The molecule has 0 saturated heterocycles. The lowest BCUT2D eigenvalue weighted by atomic mass is 10.1. The van der Waals surface area contributed by atoms with Gasteiger partial charge in [-0.1, -0.05) is 12.1 Å². The third-order valence-corrected chi connectivity index (χ3v) is 5.09. The van der Waals surface area contributed by atoms with Gasteiger partial charge in [0.1, 0.15) is 5.82 Å². The predicted octanol–water partition coefficient (Wildman–Crippen LogP) is 0.402. The van der Waals surface area contributed by atoms with Crippen molar-refractivity contribution in [2.75, 3.05) is 31.1 Å². The predicted molar refractivity (Wildman–Crippen MR) is 115 cm³/mol. The molecular weight excluding hydrogens is 390 g/mol. The third kappa shape index (κ3) is 5.77. The number of aliphatic hydroxyl groups excluding tert-OH is 1. The molecule has 1 aromatic carbocycles. The topological polar surface area (TPSA) is 123 Å². The van der Waals surface area contributed by atoms with Crippen molar-refractivity contribution in [3.05, 3.63) is 66.8 Å². The summed E-state index contributed by atoms with van der Waals surface area (Å²) in [7, 11) is 3.03. The smallest absolute Gasteiger partial charge is 0.332 e. The normalized spacial score (nSPS) is 12.0. The van der Waals surface area contributed by atoms with Gasteiger partial charge in [0, 0.05) is 45.4 Å². The molecule has 0 amide bonds. The van der Waals surface area contributed by atoms with Crippen LogP contribution in [0.3, 0.4) is 0 Å². The minimum Gasteiger partial charge on any atom is -0.394 e. The molecule has 0 aliphatic heterocycles. The lowest BCUT2D eigenvalue weighted by molar-refractivity contribution is -0.384. The van der Waals surface area contributed by atoms with E-state index < -0.39 is 10.6 Å². The molecule has 0 aliphatic carbocycles. The van der Waals surface area contributed by atoms with E-state index >= 15 is 0 Å². The van der Waals surface area contributed by atoms with Gasteiger partial charge in [0.05, 0.1) is 17.6 Å². The molecule has 30 heavy (non-hydrogen) atoms. The number of aromatic nitrogens is 2. The van der Waals surface area contributed by atoms with Crippen molar-refractivity contribution in [3.63, 3.8) is 0 Å². The Bertz CT molecular complexity index is 967. The van der Waals surface area contributed by atoms with Crippen molar-refractivity contribution in [1.29, 1.82) is 0 Å². The number of rotatable bonds is 11. The summed E-state index contributed by atoms with van der Waals surface area (Å²) in [6.07, 6.45) is 1.66. The number of nitrogens with one attached hydrogen (secondary N) is 1. The SMILES string of the molecule is CC(CO)N(CCNCCCc1ccc([N+](=O)[O-])cc1)c1cc(=O)n(C)c(=O)n1C. The maximum absolute atomic E-state index is 12.2. The number of aliphatic hydroxyl groups is 1. The number of hydrogen-bond donors (Lipinski definition) is 2. The summed E-state index contributed by atoms with van der Waals surface area (Å²) in [5, 5.41) is 23.6. The van der Waals surface area contributed by atoms with Crippen LogP contribution in [0.2, 0.25) is 0 Å². The van der Waals surface area contributed by atoms with Crippen molar-refractivity contribution in [2.24, 2.45) is 14.1 Å². The van der Waals surface area contributed by atoms with Gasteiger partial charge in [-0.3, -0.25) is 24.0 Å². The average Bonchev–Trinajstić information content (AvgIpc) is 2.74. The van der Waals surface area contributed by atoms with Crippen LogP contribution < -0.4 is 21.5 Å². The first-order valence-electron chi connectivity index (χ1n) is 9.85. The lowest BCUT2D eigenvalue weighted by Gasteiger charge is -2.31. The van der Waals surface area contributed by atoms with Gasteiger partial charge in [0.25, 0.3) is 11.2 Å². The van der Waals surface area contributed by atoms with Gasteiger partial charge in [-0.05, 0) is 31.9 Å². The summed E-state index contributed by atoms with van der Waals surface area (Å²) in [6.45, 7) is 3.58. The van der Waals surface area contributed by atoms with E-state index in [1.54, 1.807) is 19.2 Å².